The van der Waals surface area contributed by atoms with Gasteiger partial charge in [0.05, 0.1) is 12.8 Å². The van der Waals surface area contributed by atoms with Crippen LogP contribution in [0.2, 0.25) is 0 Å². The number of ketones is 1. The van der Waals surface area contributed by atoms with E-state index >= 15 is 0 Å². The maximum absolute atomic E-state index is 11.5. The molecule has 76 valence electrons. The molecule has 0 amide bonds. The third kappa shape index (κ3) is 2.02. The second-order valence-electron chi connectivity index (χ2n) is 3.10. The fourth-order valence-corrected chi connectivity index (χ4v) is 1.19. The third-order valence-corrected chi connectivity index (χ3v) is 2.19. The number of carbonyl (C=O) groups excluding carboxylic acids is 2. The van der Waals surface area contributed by atoms with Crippen molar-refractivity contribution in [1.82, 2.24) is 4.57 Å². The molecule has 0 spiro atoms. The first kappa shape index (κ1) is 10.5. The third-order valence-electron chi connectivity index (χ3n) is 2.19. The van der Waals surface area contributed by atoms with E-state index in [2.05, 4.69) is 4.74 Å². The quantitative estimate of drug-likeness (QED) is 0.412. The highest BCUT2D eigenvalue weighted by Crippen LogP contribution is 2.08. The molecule has 0 aliphatic heterocycles. The molecule has 0 saturated carbocycles. The molecule has 0 radical (unpaired) electrons. The van der Waals surface area contributed by atoms with Gasteiger partial charge >= 0.3 is 5.97 Å². The van der Waals surface area contributed by atoms with E-state index in [0.717, 1.165) is 5.69 Å². The smallest absolute Gasteiger partial charge is 0.313 e. The van der Waals surface area contributed by atoms with Gasteiger partial charge in [-0.3, -0.25) is 9.59 Å². The van der Waals surface area contributed by atoms with E-state index in [-0.39, 0.29) is 12.2 Å². The predicted molar refractivity (Wildman–Crippen MR) is 51.1 cm³/mol. The summed E-state index contributed by atoms with van der Waals surface area (Å²) in [6.45, 7) is 1.90. The maximum Gasteiger partial charge on any atom is 0.313 e. The molecule has 0 N–H and O–H groups in total. The molecule has 0 fully saturated rings. The van der Waals surface area contributed by atoms with E-state index in [4.69, 9.17) is 0 Å². The van der Waals surface area contributed by atoms with Gasteiger partial charge in [0.15, 0.2) is 5.78 Å². The fourth-order valence-electron chi connectivity index (χ4n) is 1.19. The summed E-state index contributed by atoms with van der Waals surface area (Å²) in [4.78, 5) is 22.4. The summed E-state index contributed by atoms with van der Waals surface area (Å²) in [5.41, 5.74) is 1.52. The molecule has 0 aliphatic rings. The maximum atomic E-state index is 11.5. The van der Waals surface area contributed by atoms with Crippen LogP contribution in [0, 0.1) is 6.92 Å². The first-order valence-corrected chi connectivity index (χ1v) is 4.28. The van der Waals surface area contributed by atoms with Gasteiger partial charge in [0.25, 0.3) is 0 Å². The molecule has 1 aromatic heterocycles. The number of aryl methyl sites for hydroxylation is 1. The van der Waals surface area contributed by atoms with Crippen LogP contribution in [0.5, 0.6) is 0 Å². The van der Waals surface area contributed by atoms with Crippen molar-refractivity contribution < 1.29 is 14.3 Å². The normalized spacial score (nSPS) is 9.93. The lowest BCUT2D eigenvalue weighted by Crippen LogP contribution is -2.12. The Labute approximate surface area is 82.5 Å². The molecule has 0 aliphatic carbocycles. The van der Waals surface area contributed by atoms with Crippen LogP contribution in [0.25, 0.3) is 0 Å². The second kappa shape index (κ2) is 4.09. The lowest BCUT2D eigenvalue weighted by atomic mass is 10.2. The first-order chi connectivity index (χ1) is 6.56. The van der Waals surface area contributed by atoms with Crippen LogP contribution < -0.4 is 0 Å². The van der Waals surface area contributed by atoms with Gasteiger partial charge in [-0.25, -0.2) is 0 Å². The Morgan fingerprint density at radius 2 is 2.07 bits per heavy atom. The van der Waals surface area contributed by atoms with Crippen LogP contribution in [0.3, 0.4) is 0 Å². The zero-order valence-corrected chi connectivity index (χ0v) is 8.53. The largest absolute Gasteiger partial charge is 0.469 e. The van der Waals surface area contributed by atoms with Crippen molar-refractivity contribution in [2.45, 2.75) is 13.3 Å². The molecule has 4 nitrogen and oxygen atoms in total. The molecule has 0 unspecified atom stereocenters. The topological polar surface area (TPSA) is 48.3 Å². The fraction of sp³-hybridized carbons (Fsp3) is 0.400. The summed E-state index contributed by atoms with van der Waals surface area (Å²) < 4.78 is 6.18. The van der Waals surface area contributed by atoms with E-state index in [1.165, 1.54) is 7.11 Å². The van der Waals surface area contributed by atoms with Gasteiger partial charge in [0.1, 0.15) is 6.42 Å². The molecule has 1 rings (SSSR count). The van der Waals surface area contributed by atoms with E-state index in [1.54, 1.807) is 17.7 Å². The van der Waals surface area contributed by atoms with Crippen molar-refractivity contribution >= 4 is 11.8 Å². The molecule has 0 atom stereocenters. The van der Waals surface area contributed by atoms with Crippen molar-refractivity contribution in [3.63, 3.8) is 0 Å². The van der Waals surface area contributed by atoms with Crippen molar-refractivity contribution in [2.24, 2.45) is 7.05 Å². The number of ether oxygens (including phenoxy) is 1. The summed E-state index contributed by atoms with van der Waals surface area (Å²) in [5.74, 6) is -0.721. The molecule has 0 aromatic carbocycles. The number of aromatic nitrogens is 1. The summed E-state index contributed by atoms with van der Waals surface area (Å²) in [7, 11) is 3.06. The van der Waals surface area contributed by atoms with Gasteiger partial charge < -0.3 is 9.30 Å². The molecule has 1 heterocycles. The van der Waals surface area contributed by atoms with Crippen molar-refractivity contribution in [1.29, 1.82) is 0 Å². The Kier molecular flexibility index (Phi) is 3.06. The molecular weight excluding hydrogens is 182 g/mol. The monoisotopic (exact) mass is 195 g/mol. The first-order valence-electron chi connectivity index (χ1n) is 4.28. The van der Waals surface area contributed by atoms with Crippen LogP contribution in [0.4, 0.5) is 0 Å². The number of Topliss-reactive ketones (excluding diaryl/α,β-unsaturated/α-hetero) is 1. The lowest BCUT2D eigenvalue weighted by Gasteiger charge is -2.03. The Morgan fingerprint density at radius 1 is 1.43 bits per heavy atom. The highest BCUT2D eigenvalue weighted by atomic mass is 16.5. The minimum atomic E-state index is -0.506. The summed E-state index contributed by atoms with van der Waals surface area (Å²) in [6, 6.07) is 3.55. The number of rotatable bonds is 3. The average molecular weight is 195 g/mol. The van der Waals surface area contributed by atoms with Crippen molar-refractivity contribution in [2.75, 3.05) is 7.11 Å². The van der Waals surface area contributed by atoms with Gasteiger partial charge in [-0.15, -0.1) is 0 Å². The molecule has 0 saturated heterocycles. The van der Waals surface area contributed by atoms with E-state index in [9.17, 15) is 9.59 Å². The number of esters is 1. The van der Waals surface area contributed by atoms with Gasteiger partial charge in [-0.2, -0.15) is 0 Å². The number of carbonyl (C=O) groups is 2. The van der Waals surface area contributed by atoms with E-state index < -0.39 is 5.97 Å². The summed E-state index contributed by atoms with van der Waals surface area (Å²) in [5, 5.41) is 0. The predicted octanol–water partition coefficient (Wildman–Crippen LogP) is 1.08. The number of hydrogen-bond acceptors (Lipinski definition) is 3. The minimum Gasteiger partial charge on any atom is -0.469 e. The zero-order chi connectivity index (χ0) is 10.7. The summed E-state index contributed by atoms with van der Waals surface area (Å²) in [6.07, 6.45) is -0.201. The molecule has 0 bridgehead atoms. The number of nitrogens with zero attached hydrogens (tertiary/aromatic N) is 1. The van der Waals surface area contributed by atoms with Crippen LogP contribution in [0.15, 0.2) is 12.1 Å². The molecule has 14 heavy (non-hydrogen) atoms. The highest BCUT2D eigenvalue weighted by molar-refractivity contribution is 6.05. The van der Waals surface area contributed by atoms with Crippen LogP contribution in [-0.4, -0.2) is 23.4 Å². The average Bonchev–Trinajstić information content (AvgIpc) is 2.47. The number of hydrogen-bond donors (Lipinski definition) is 0. The van der Waals surface area contributed by atoms with E-state index in [1.807, 2.05) is 13.0 Å². The van der Waals surface area contributed by atoms with Crippen molar-refractivity contribution in [3.8, 4) is 0 Å². The van der Waals surface area contributed by atoms with Gasteiger partial charge in [-0.1, -0.05) is 0 Å². The Hall–Kier alpha value is -1.58. The second-order valence-corrected chi connectivity index (χ2v) is 3.10. The van der Waals surface area contributed by atoms with Crippen LogP contribution in [-0.2, 0) is 16.6 Å². The molecule has 4 heteroatoms. The highest BCUT2D eigenvalue weighted by Gasteiger charge is 2.15. The van der Waals surface area contributed by atoms with Gasteiger partial charge in [0.2, 0.25) is 0 Å². The van der Waals surface area contributed by atoms with Crippen LogP contribution >= 0.6 is 0 Å². The van der Waals surface area contributed by atoms with Gasteiger partial charge in [0, 0.05) is 12.7 Å². The lowest BCUT2D eigenvalue weighted by molar-refractivity contribution is -0.139. The number of methoxy groups -OCH3 is 1. The Balaban J connectivity index is 2.80. The van der Waals surface area contributed by atoms with Gasteiger partial charge in [-0.05, 0) is 19.1 Å². The van der Waals surface area contributed by atoms with Crippen LogP contribution in [0.1, 0.15) is 22.6 Å². The Bertz CT molecular complexity index is 365. The standard InChI is InChI=1S/C10H13NO3/c1-7-4-5-8(11(7)2)9(12)6-10(13)14-3/h4-5H,6H2,1-3H3. The summed E-state index contributed by atoms with van der Waals surface area (Å²) >= 11 is 0. The molecule has 1 aromatic rings. The Morgan fingerprint density at radius 3 is 2.50 bits per heavy atom. The minimum absolute atomic E-state index is 0.201. The SMILES string of the molecule is COC(=O)CC(=O)c1ccc(C)n1C. The zero-order valence-electron chi connectivity index (χ0n) is 8.53. The van der Waals surface area contributed by atoms with Crippen molar-refractivity contribution in [3.05, 3.63) is 23.5 Å². The van der Waals surface area contributed by atoms with E-state index in [0.29, 0.717) is 5.69 Å². The molecular formula is C10H13NO3.